The van der Waals surface area contributed by atoms with E-state index in [1.54, 1.807) is 30.3 Å². The Morgan fingerprint density at radius 1 is 0.920 bits per heavy atom. The molecule has 1 aliphatic carbocycles. The second kappa shape index (κ2) is 7.47. The Morgan fingerprint density at radius 2 is 1.56 bits per heavy atom. The maximum Gasteiger partial charge on any atom is 0.251 e. The summed E-state index contributed by atoms with van der Waals surface area (Å²) in [5, 5.41) is 5.69. The summed E-state index contributed by atoms with van der Waals surface area (Å²) in [5.41, 5.74) is 0.381. The highest BCUT2D eigenvalue weighted by Gasteiger charge is 2.52. The first-order chi connectivity index (χ1) is 12.1. The standard InChI is InChI=1S/C20H21FN2O2/c21-17-10-5-4-9-16(17)20(11-12-20)19(25)23-14-6-13-22-18(24)15-7-2-1-3-8-15/h1-5,7-10H,6,11-14H2,(H,22,24)(H,23,25). The van der Waals surface area contributed by atoms with Gasteiger partial charge in [-0.25, -0.2) is 4.39 Å². The van der Waals surface area contributed by atoms with Gasteiger partial charge in [-0.1, -0.05) is 36.4 Å². The number of rotatable bonds is 7. The molecular weight excluding hydrogens is 319 g/mol. The topological polar surface area (TPSA) is 58.2 Å². The summed E-state index contributed by atoms with van der Waals surface area (Å²) < 4.78 is 14.0. The summed E-state index contributed by atoms with van der Waals surface area (Å²) >= 11 is 0. The minimum Gasteiger partial charge on any atom is -0.355 e. The average molecular weight is 340 g/mol. The van der Waals surface area contributed by atoms with E-state index in [1.165, 1.54) is 6.07 Å². The van der Waals surface area contributed by atoms with Crippen LogP contribution in [0.15, 0.2) is 54.6 Å². The summed E-state index contributed by atoms with van der Waals surface area (Å²) in [6.45, 7) is 0.921. The van der Waals surface area contributed by atoms with E-state index in [9.17, 15) is 14.0 Å². The summed E-state index contributed by atoms with van der Waals surface area (Å²) in [4.78, 5) is 24.3. The first-order valence-electron chi connectivity index (χ1n) is 8.50. The van der Waals surface area contributed by atoms with Crippen molar-refractivity contribution in [2.75, 3.05) is 13.1 Å². The van der Waals surface area contributed by atoms with E-state index in [0.717, 1.165) is 0 Å². The van der Waals surface area contributed by atoms with Gasteiger partial charge in [0, 0.05) is 24.2 Å². The zero-order valence-electron chi connectivity index (χ0n) is 13.9. The minimum atomic E-state index is -0.710. The minimum absolute atomic E-state index is 0.128. The smallest absolute Gasteiger partial charge is 0.251 e. The lowest BCUT2D eigenvalue weighted by Crippen LogP contribution is -2.37. The molecule has 0 spiro atoms. The zero-order chi connectivity index (χ0) is 17.7. The zero-order valence-corrected chi connectivity index (χ0v) is 13.9. The third-order valence-electron chi connectivity index (χ3n) is 4.53. The van der Waals surface area contributed by atoms with Crippen molar-refractivity contribution in [2.45, 2.75) is 24.7 Å². The summed E-state index contributed by atoms with van der Waals surface area (Å²) in [7, 11) is 0. The molecule has 130 valence electrons. The molecule has 2 aromatic rings. The fourth-order valence-corrected chi connectivity index (χ4v) is 2.95. The molecule has 0 radical (unpaired) electrons. The third kappa shape index (κ3) is 3.87. The molecule has 2 N–H and O–H groups in total. The van der Waals surface area contributed by atoms with Crippen LogP contribution in [-0.4, -0.2) is 24.9 Å². The molecule has 1 aliphatic rings. The van der Waals surface area contributed by atoms with Crippen molar-refractivity contribution in [1.82, 2.24) is 10.6 Å². The molecule has 0 bridgehead atoms. The Morgan fingerprint density at radius 3 is 2.24 bits per heavy atom. The van der Waals surface area contributed by atoms with Gasteiger partial charge in [-0.05, 0) is 37.5 Å². The SMILES string of the molecule is O=C(NCCCNC(=O)C1(c2ccccc2F)CC1)c1ccccc1. The number of hydrogen-bond acceptors (Lipinski definition) is 2. The normalized spacial score (nSPS) is 14.6. The third-order valence-corrected chi connectivity index (χ3v) is 4.53. The maximum atomic E-state index is 14.0. The van der Waals surface area contributed by atoms with Crippen molar-refractivity contribution in [3.8, 4) is 0 Å². The number of amides is 2. The molecular formula is C20H21FN2O2. The fraction of sp³-hybridized carbons (Fsp3) is 0.300. The van der Waals surface area contributed by atoms with Crippen LogP contribution in [0.5, 0.6) is 0 Å². The van der Waals surface area contributed by atoms with Gasteiger partial charge in [-0.2, -0.15) is 0 Å². The van der Waals surface area contributed by atoms with Crippen LogP contribution in [0.1, 0.15) is 35.2 Å². The summed E-state index contributed by atoms with van der Waals surface area (Å²) in [6, 6.07) is 15.4. The molecule has 0 saturated heterocycles. The highest BCUT2D eigenvalue weighted by atomic mass is 19.1. The quantitative estimate of drug-likeness (QED) is 0.762. The second-order valence-electron chi connectivity index (χ2n) is 6.29. The molecule has 25 heavy (non-hydrogen) atoms. The largest absolute Gasteiger partial charge is 0.355 e. The Hall–Kier alpha value is -2.69. The van der Waals surface area contributed by atoms with Gasteiger partial charge in [0.05, 0.1) is 5.41 Å². The summed E-state index contributed by atoms with van der Waals surface area (Å²) in [5.74, 6) is -0.589. The predicted molar refractivity (Wildman–Crippen MR) is 93.7 cm³/mol. The number of carbonyl (C=O) groups is 2. The van der Waals surface area contributed by atoms with Crippen molar-refractivity contribution in [1.29, 1.82) is 0 Å². The van der Waals surface area contributed by atoms with Crippen LogP contribution in [0.2, 0.25) is 0 Å². The van der Waals surface area contributed by atoms with E-state index in [-0.39, 0.29) is 17.6 Å². The van der Waals surface area contributed by atoms with Crippen LogP contribution < -0.4 is 10.6 Å². The highest BCUT2D eigenvalue weighted by Crippen LogP contribution is 2.49. The van der Waals surface area contributed by atoms with E-state index in [1.807, 2.05) is 18.2 Å². The lowest BCUT2D eigenvalue weighted by Gasteiger charge is -2.16. The van der Waals surface area contributed by atoms with Crippen LogP contribution in [0.25, 0.3) is 0 Å². The van der Waals surface area contributed by atoms with Crippen molar-refractivity contribution in [2.24, 2.45) is 0 Å². The number of carbonyl (C=O) groups excluding carboxylic acids is 2. The highest BCUT2D eigenvalue weighted by molar-refractivity contribution is 5.94. The van der Waals surface area contributed by atoms with E-state index in [4.69, 9.17) is 0 Å². The van der Waals surface area contributed by atoms with Crippen LogP contribution >= 0.6 is 0 Å². The molecule has 1 saturated carbocycles. The van der Waals surface area contributed by atoms with E-state index >= 15 is 0 Å². The average Bonchev–Trinajstić information content (AvgIpc) is 3.44. The summed E-state index contributed by atoms with van der Waals surface area (Å²) in [6.07, 6.45) is 1.96. The van der Waals surface area contributed by atoms with Gasteiger partial charge in [0.15, 0.2) is 0 Å². The van der Waals surface area contributed by atoms with Crippen LogP contribution in [0.4, 0.5) is 4.39 Å². The van der Waals surface area contributed by atoms with Crippen molar-refractivity contribution in [3.63, 3.8) is 0 Å². The maximum absolute atomic E-state index is 14.0. The van der Waals surface area contributed by atoms with Gasteiger partial charge in [0.2, 0.25) is 5.91 Å². The van der Waals surface area contributed by atoms with Crippen molar-refractivity contribution in [3.05, 3.63) is 71.5 Å². The number of hydrogen-bond donors (Lipinski definition) is 2. The molecule has 4 nitrogen and oxygen atoms in total. The first-order valence-corrected chi connectivity index (χ1v) is 8.50. The molecule has 3 rings (SSSR count). The van der Waals surface area contributed by atoms with E-state index in [2.05, 4.69) is 10.6 Å². The van der Waals surface area contributed by atoms with Crippen LogP contribution in [0, 0.1) is 5.82 Å². The Balaban J connectivity index is 1.43. The monoisotopic (exact) mass is 340 g/mol. The number of halogens is 1. The first kappa shape index (κ1) is 17.1. The lowest BCUT2D eigenvalue weighted by molar-refractivity contribution is -0.123. The van der Waals surface area contributed by atoms with Crippen molar-refractivity contribution >= 4 is 11.8 Å². The number of benzene rings is 2. The van der Waals surface area contributed by atoms with Gasteiger partial charge in [-0.3, -0.25) is 9.59 Å². The molecule has 1 fully saturated rings. The van der Waals surface area contributed by atoms with Crippen LogP contribution in [-0.2, 0) is 10.2 Å². The van der Waals surface area contributed by atoms with Crippen molar-refractivity contribution < 1.29 is 14.0 Å². The second-order valence-corrected chi connectivity index (χ2v) is 6.29. The van der Waals surface area contributed by atoms with Gasteiger partial charge < -0.3 is 10.6 Å². The van der Waals surface area contributed by atoms with E-state index < -0.39 is 5.41 Å². The lowest BCUT2D eigenvalue weighted by atomic mass is 9.94. The van der Waals surface area contributed by atoms with Gasteiger partial charge in [0.25, 0.3) is 5.91 Å². The molecule has 0 aliphatic heterocycles. The van der Waals surface area contributed by atoms with Gasteiger partial charge in [-0.15, -0.1) is 0 Å². The molecule has 0 atom stereocenters. The molecule has 0 heterocycles. The Labute approximate surface area is 146 Å². The predicted octanol–water partition coefficient (Wildman–Crippen LogP) is 2.79. The Kier molecular flexibility index (Phi) is 5.12. The molecule has 5 heteroatoms. The fourth-order valence-electron chi connectivity index (χ4n) is 2.95. The van der Waals surface area contributed by atoms with Gasteiger partial charge in [0.1, 0.15) is 5.82 Å². The Bertz CT molecular complexity index is 757. The molecule has 0 aromatic heterocycles. The molecule has 2 aromatic carbocycles. The molecule has 0 unspecified atom stereocenters. The molecule has 2 amide bonds. The van der Waals surface area contributed by atoms with E-state index in [0.29, 0.717) is 43.5 Å². The van der Waals surface area contributed by atoms with Gasteiger partial charge >= 0.3 is 0 Å². The van der Waals surface area contributed by atoms with Crippen LogP contribution in [0.3, 0.4) is 0 Å². The number of nitrogens with one attached hydrogen (secondary N) is 2.